The van der Waals surface area contributed by atoms with Crippen molar-refractivity contribution in [2.75, 3.05) is 0 Å². The Labute approximate surface area is 82.8 Å². The van der Waals surface area contributed by atoms with E-state index < -0.39 is 0 Å². The molecular formula is C11H12N2O. The molecule has 2 aromatic rings. The molecule has 0 aliphatic heterocycles. The Morgan fingerprint density at radius 2 is 1.93 bits per heavy atom. The summed E-state index contributed by atoms with van der Waals surface area (Å²) in [5.74, 6) is 1.42. The fourth-order valence-electron chi connectivity index (χ4n) is 1.34. The average Bonchev–Trinajstić information content (AvgIpc) is 2.63. The summed E-state index contributed by atoms with van der Waals surface area (Å²) in [6, 6.07) is 10.3. The largest absolute Gasteiger partial charge is 0.339 e. The van der Waals surface area contributed by atoms with Crippen LogP contribution < -0.4 is 0 Å². The number of aromatic nitrogens is 2. The standard InChI is InChI=1S/C11H12N2O/c1-9-12-11(14-13-9)8-7-10-5-3-2-4-6-10/h2-6H,7-8H2,1H3. The Morgan fingerprint density at radius 3 is 2.57 bits per heavy atom. The summed E-state index contributed by atoms with van der Waals surface area (Å²) in [4.78, 5) is 4.15. The first-order valence-electron chi connectivity index (χ1n) is 4.68. The van der Waals surface area contributed by atoms with Gasteiger partial charge in [-0.2, -0.15) is 4.98 Å². The topological polar surface area (TPSA) is 38.9 Å². The van der Waals surface area contributed by atoms with Crippen molar-refractivity contribution in [3.05, 3.63) is 47.6 Å². The molecule has 2 rings (SSSR count). The summed E-state index contributed by atoms with van der Waals surface area (Å²) in [5, 5.41) is 3.74. The molecule has 0 amide bonds. The first kappa shape index (κ1) is 8.94. The van der Waals surface area contributed by atoms with Crippen molar-refractivity contribution in [3.63, 3.8) is 0 Å². The quantitative estimate of drug-likeness (QED) is 0.740. The maximum absolute atomic E-state index is 5.02. The second-order valence-electron chi connectivity index (χ2n) is 3.22. The molecule has 0 saturated heterocycles. The molecule has 0 saturated carbocycles. The number of benzene rings is 1. The first-order valence-corrected chi connectivity index (χ1v) is 4.68. The third-order valence-electron chi connectivity index (χ3n) is 2.04. The van der Waals surface area contributed by atoms with Crippen molar-refractivity contribution in [2.24, 2.45) is 0 Å². The highest BCUT2D eigenvalue weighted by Crippen LogP contribution is 2.05. The molecule has 0 bridgehead atoms. The fourth-order valence-corrected chi connectivity index (χ4v) is 1.34. The van der Waals surface area contributed by atoms with Gasteiger partial charge in [0, 0.05) is 6.42 Å². The summed E-state index contributed by atoms with van der Waals surface area (Å²) in [7, 11) is 0. The lowest BCUT2D eigenvalue weighted by Crippen LogP contribution is -1.90. The van der Waals surface area contributed by atoms with Crippen molar-refractivity contribution in [1.29, 1.82) is 0 Å². The van der Waals surface area contributed by atoms with Crippen LogP contribution in [-0.4, -0.2) is 10.1 Å². The molecule has 0 unspecified atom stereocenters. The summed E-state index contributed by atoms with van der Waals surface area (Å²) >= 11 is 0. The number of hydrogen-bond donors (Lipinski definition) is 0. The van der Waals surface area contributed by atoms with Gasteiger partial charge < -0.3 is 4.52 Å². The molecule has 1 heterocycles. The van der Waals surface area contributed by atoms with Crippen LogP contribution in [-0.2, 0) is 12.8 Å². The maximum atomic E-state index is 5.02. The second-order valence-corrected chi connectivity index (χ2v) is 3.22. The van der Waals surface area contributed by atoms with Gasteiger partial charge >= 0.3 is 0 Å². The van der Waals surface area contributed by atoms with Crippen molar-refractivity contribution in [3.8, 4) is 0 Å². The molecule has 0 N–H and O–H groups in total. The number of rotatable bonds is 3. The molecule has 72 valence electrons. The van der Waals surface area contributed by atoms with E-state index >= 15 is 0 Å². The second kappa shape index (κ2) is 4.05. The molecular weight excluding hydrogens is 176 g/mol. The predicted molar refractivity (Wildman–Crippen MR) is 52.9 cm³/mol. The first-order chi connectivity index (χ1) is 6.84. The molecule has 1 aromatic carbocycles. The van der Waals surface area contributed by atoms with Crippen LogP contribution in [0.2, 0.25) is 0 Å². The average molecular weight is 188 g/mol. The van der Waals surface area contributed by atoms with Gasteiger partial charge in [0.05, 0.1) is 0 Å². The third kappa shape index (κ3) is 2.19. The van der Waals surface area contributed by atoms with Gasteiger partial charge in [-0.3, -0.25) is 0 Å². The third-order valence-corrected chi connectivity index (χ3v) is 2.04. The minimum atomic E-state index is 0.702. The summed E-state index contributed by atoms with van der Waals surface area (Å²) < 4.78 is 5.02. The van der Waals surface area contributed by atoms with Crippen molar-refractivity contribution >= 4 is 0 Å². The maximum Gasteiger partial charge on any atom is 0.226 e. The SMILES string of the molecule is Cc1noc(CCc2ccccc2)n1. The van der Waals surface area contributed by atoms with Gasteiger partial charge in [-0.25, -0.2) is 0 Å². The van der Waals surface area contributed by atoms with Gasteiger partial charge in [0.25, 0.3) is 0 Å². The van der Waals surface area contributed by atoms with Gasteiger partial charge in [0.1, 0.15) is 0 Å². The van der Waals surface area contributed by atoms with Crippen LogP contribution in [0.5, 0.6) is 0 Å². The van der Waals surface area contributed by atoms with E-state index in [9.17, 15) is 0 Å². The van der Waals surface area contributed by atoms with E-state index in [-0.39, 0.29) is 0 Å². The summed E-state index contributed by atoms with van der Waals surface area (Å²) in [6.07, 6.45) is 1.76. The fraction of sp³-hybridized carbons (Fsp3) is 0.273. The molecule has 0 aliphatic rings. The van der Waals surface area contributed by atoms with Crippen LogP contribution in [0.3, 0.4) is 0 Å². The molecule has 14 heavy (non-hydrogen) atoms. The van der Waals surface area contributed by atoms with E-state index in [1.165, 1.54) is 5.56 Å². The van der Waals surface area contributed by atoms with Gasteiger partial charge in [-0.05, 0) is 18.9 Å². The van der Waals surface area contributed by atoms with Crippen molar-refractivity contribution in [2.45, 2.75) is 19.8 Å². The molecule has 0 aliphatic carbocycles. The Morgan fingerprint density at radius 1 is 1.14 bits per heavy atom. The highest BCUT2D eigenvalue weighted by atomic mass is 16.5. The highest BCUT2D eigenvalue weighted by molar-refractivity contribution is 5.15. The number of aryl methyl sites for hydroxylation is 3. The Bertz CT molecular complexity index is 395. The molecule has 0 fully saturated rings. The van der Waals surface area contributed by atoms with E-state index in [2.05, 4.69) is 22.3 Å². The summed E-state index contributed by atoms with van der Waals surface area (Å²) in [5.41, 5.74) is 1.29. The van der Waals surface area contributed by atoms with Crippen LogP contribution in [0.1, 0.15) is 17.3 Å². The molecule has 0 radical (unpaired) electrons. The summed E-state index contributed by atoms with van der Waals surface area (Å²) in [6.45, 7) is 1.83. The molecule has 3 heteroatoms. The predicted octanol–water partition coefficient (Wildman–Crippen LogP) is 2.16. The smallest absolute Gasteiger partial charge is 0.226 e. The van der Waals surface area contributed by atoms with Crippen molar-refractivity contribution < 1.29 is 4.52 Å². The highest BCUT2D eigenvalue weighted by Gasteiger charge is 2.02. The Kier molecular flexibility index (Phi) is 2.58. The van der Waals surface area contributed by atoms with E-state index in [0.29, 0.717) is 11.7 Å². The molecule has 0 atom stereocenters. The lowest BCUT2D eigenvalue weighted by molar-refractivity contribution is 0.374. The van der Waals surface area contributed by atoms with Gasteiger partial charge in [0.2, 0.25) is 5.89 Å². The molecule has 0 spiro atoms. The lowest BCUT2D eigenvalue weighted by Gasteiger charge is -1.96. The van der Waals surface area contributed by atoms with Gasteiger partial charge in [0.15, 0.2) is 5.82 Å². The van der Waals surface area contributed by atoms with Crippen LogP contribution in [0, 0.1) is 6.92 Å². The minimum Gasteiger partial charge on any atom is -0.339 e. The Hall–Kier alpha value is -1.64. The van der Waals surface area contributed by atoms with Crippen LogP contribution in [0.4, 0.5) is 0 Å². The zero-order valence-corrected chi connectivity index (χ0v) is 8.10. The van der Waals surface area contributed by atoms with E-state index in [1.54, 1.807) is 0 Å². The number of hydrogen-bond acceptors (Lipinski definition) is 3. The van der Waals surface area contributed by atoms with Gasteiger partial charge in [-0.1, -0.05) is 35.5 Å². The van der Waals surface area contributed by atoms with Crippen LogP contribution in [0.15, 0.2) is 34.9 Å². The lowest BCUT2D eigenvalue weighted by atomic mass is 10.1. The monoisotopic (exact) mass is 188 g/mol. The normalized spacial score (nSPS) is 10.4. The number of nitrogens with zero attached hydrogens (tertiary/aromatic N) is 2. The van der Waals surface area contributed by atoms with E-state index in [1.807, 2.05) is 25.1 Å². The minimum absolute atomic E-state index is 0.702. The van der Waals surface area contributed by atoms with Crippen molar-refractivity contribution in [1.82, 2.24) is 10.1 Å². The van der Waals surface area contributed by atoms with E-state index in [4.69, 9.17) is 4.52 Å². The van der Waals surface area contributed by atoms with Gasteiger partial charge in [-0.15, -0.1) is 0 Å². The zero-order chi connectivity index (χ0) is 9.80. The van der Waals surface area contributed by atoms with E-state index in [0.717, 1.165) is 12.8 Å². The molecule has 3 nitrogen and oxygen atoms in total. The van der Waals surface area contributed by atoms with Crippen LogP contribution >= 0.6 is 0 Å². The zero-order valence-electron chi connectivity index (χ0n) is 8.10. The molecule has 1 aromatic heterocycles. The van der Waals surface area contributed by atoms with Crippen LogP contribution in [0.25, 0.3) is 0 Å². The Balaban J connectivity index is 1.95.